The number of rotatable bonds is 7. The van der Waals surface area contributed by atoms with Crippen LogP contribution >= 0.6 is 0 Å². The maximum Gasteiger partial charge on any atom is 0.000811 e. The number of unbranched alkanes of at least 4 members (excludes halogenated alkanes) is 2. The first-order valence-corrected chi connectivity index (χ1v) is 8.20. The van der Waals surface area contributed by atoms with Gasteiger partial charge in [0.15, 0.2) is 0 Å². The number of halogens is 2. The third kappa shape index (κ3) is 4.44. The van der Waals surface area contributed by atoms with Gasteiger partial charge in [-0.05, 0) is 87.6 Å². The van der Waals surface area contributed by atoms with Crippen LogP contribution in [0.2, 0.25) is 0 Å². The van der Waals surface area contributed by atoms with Crippen molar-refractivity contribution in [3.8, 4) is 0 Å². The largest absolute Gasteiger partial charge is 1.00 e. The lowest BCUT2D eigenvalue weighted by Gasteiger charge is -2.57. The Labute approximate surface area is 145 Å². The molecule has 4 bridgehead atoms. The first-order valence-electron chi connectivity index (χ1n) is 8.20. The van der Waals surface area contributed by atoms with Gasteiger partial charge in [0.05, 0.1) is 0 Å². The maximum atomic E-state index is 5.53. The fourth-order valence-electron chi connectivity index (χ4n) is 5.43. The molecule has 4 aliphatic carbocycles. The number of nitrogens with two attached hydrogens (primary N) is 1. The van der Waals surface area contributed by atoms with Crippen LogP contribution in [0.15, 0.2) is 0 Å². The zero-order valence-corrected chi connectivity index (χ0v) is 15.7. The molecule has 0 atom stereocenters. The Kier molecular flexibility index (Phi) is 8.04. The fourth-order valence-corrected chi connectivity index (χ4v) is 5.43. The zero-order valence-electron chi connectivity index (χ0n) is 12.6. The van der Waals surface area contributed by atoms with Crippen molar-refractivity contribution in [2.45, 2.75) is 57.8 Å². The summed E-state index contributed by atoms with van der Waals surface area (Å²) in [6.45, 7) is 3.37. The molecule has 0 aromatic heterocycles. The second kappa shape index (κ2) is 8.50. The van der Waals surface area contributed by atoms with Gasteiger partial charge in [0.1, 0.15) is 0 Å². The van der Waals surface area contributed by atoms with E-state index in [0.717, 1.165) is 24.3 Å². The zero-order chi connectivity index (χ0) is 12.4. The molecule has 3 N–H and O–H groups in total. The molecule has 20 heavy (non-hydrogen) atoms. The number of hydrogen-bond acceptors (Lipinski definition) is 2. The summed E-state index contributed by atoms with van der Waals surface area (Å²) in [5.41, 5.74) is 6.24. The quantitative estimate of drug-likeness (QED) is 0.438. The third-order valence-corrected chi connectivity index (χ3v) is 5.72. The lowest BCUT2D eigenvalue weighted by atomic mass is 9.49. The normalized spacial score (nSPS) is 37.4. The molecular formula is C16H30Br2N2-2. The van der Waals surface area contributed by atoms with E-state index in [1.165, 1.54) is 51.6 Å². The van der Waals surface area contributed by atoms with Crippen LogP contribution in [0.5, 0.6) is 0 Å². The van der Waals surface area contributed by atoms with E-state index >= 15 is 0 Å². The Balaban J connectivity index is 0.000001000. The first-order chi connectivity index (χ1) is 8.80. The van der Waals surface area contributed by atoms with Crippen molar-refractivity contribution in [3.05, 3.63) is 0 Å². The van der Waals surface area contributed by atoms with E-state index in [1.807, 2.05) is 0 Å². The highest BCUT2D eigenvalue weighted by molar-refractivity contribution is 5.02. The Bertz CT molecular complexity index is 248. The predicted octanol–water partition coefficient (Wildman–Crippen LogP) is -3.07. The molecular weight excluding hydrogens is 380 g/mol. The van der Waals surface area contributed by atoms with E-state index in [9.17, 15) is 0 Å². The molecule has 0 saturated heterocycles. The molecule has 0 aromatic carbocycles. The minimum Gasteiger partial charge on any atom is -1.00 e. The summed E-state index contributed by atoms with van der Waals surface area (Å²) in [6, 6.07) is 0. The van der Waals surface area contributed by atoms with Gasteiger partial charge in [0, 0.05) is 6.54 Å². The summed E-state index contributed by atoms with van der Waals surface area (Å²) in [6.07, 6.45) is 13.1. The Hall–Kier alpha value is 0.880. The monoisotopic (exact) mass is 408 g/mol. The van der Waals surface area contributed by atoms with Crippen molar-refractivity contribution >= 4 is 0 Å². The lowest BCUT2D eigenvalue weighted by Crippen LogP contribution is -3.00. The molecule has 0 radical (unpaired) electrons. The molecule has 4 heteroatoms. The van der Waals surface area contributed by atoms with Gasteiger partial charge in [-0.3, -0.25) is 0 Å². The molecule has 0 unspecified atom stereocenters. The summed E-state index contributed by atoms with van der Waals surface area (Å²) in [5.74, 6) is 3.28. The van der Waals surface area contributed by atoms with Gasteiger partial charge < -0.3 is 45.0 Å². The summed E-state index contributed by atoms with van der Waals surface area (Å²) in [4.78, 5) is 0. The average molecular weight is 410 g/mol. The van der Waals surface area contributed by atoms with Gasteiger partial charge in [0.25, 0.3) is 0 Å². The van der Waals surface area contributed by atoms with Crippen LogP contribution in [0.1, 0.15) is 57.8 Å². The highest BCUT2D eigenvalue weighted by Gasteiger charge is 2.50. The SMILES string of the molecule is NCCCCCNCC12CC3CC(CC(C3)C1)C2.[Br-].[Br-]. The minimum atomic E-state index is 0. The Morgan fingerprint density at radius 3 is 1.90 bits per heavy atom. The van der Waals surface area contributed by atoms with Crippen LogP contribution < -0.4 is 45.0 Å². The van der Waals surface area contributed by atoms with Crippen molar-refractivity contribution < 1.29 is 34.0 Å². The Morgan fingerprint density at radius 1 is 0.850 bits per heavy atom. The molecule has 120 valence electrons. The van der Waals surface area contributed by atoms with Gasteiger partial charge >= 0.3 is 0 Å². The van der Waals surface area contributed by atoms with E-state index in [2.05, 4.69) is 5.32 Å². The van der Waals surface area contributed by atoms with Gasteiger partial charge in [0.2, 0.25) is 0 Å². The van der Waals surface area contributed by atoms with E-state index in [-0.39, 0.29) is 34.0 Å². The van der Waals surface area contributed by atoms with Crippen LogP contribution in [0.4, 0.5) is 0 Å². The van der Waals surface area contributed by atoms with Crippen LogP contribution in [0, 0.1) is 23.2 Å². The molecule has 0 amide bonds. The molecule has 4 rings (SSSR count). The van der Waals surface area contributed by atoms with Gasteiger partial charge in [-0.1, -0.05) is 6.42 Å². The number of nitrogens with one attached hydrogen (secondary N) is 1. The minimum absolute atomic E-state index is 0. The molecule has 4 aliphatic rings. The molecule has 4 saturated carbocycles. The maximum absolute atomic E-state index is 5.53. The van der Waals surface area contributed by atoms with Crippen molar-refractivity contribution in [2.75, 3.05) is 19.6 Å². The van der Waals surface area contributed by atoms with Crippen molar-refractivity contribution in [3.63, 3.8) is 0 Å². The Morgan fingerprint density at radius 2 is 1.40 bits per heavy atom. The summed E-state index contributed by atoms with van der Waals surface area (Å²) in [5, 5.41) is 3.76. The van der Waals surface area contributed by atoms with Crippen LogP contribution in [0.3, 0.4) is 0 Å². The van der Waals surface area contributed by atoms with Crippen molar-refractivity contribution in [1.29, 1.82) is 0 Å². The summed E-state index contributed by atoms with van der Waals surface area (Å²) < 4.78 is 0. The van der Waals surface area contributed by atoms with Crippen molar-refractivity contribution in [1.82, 2.24) is 5.32 Å². The topological polar surface area (TPSA) is 38.0 Å². The van der Waals surface area contributed by atoms with Crippen LogP contribution in [-0.2, 0) is 0 Å². The van der Waals surface area contributed by atoms with Crippen molar-refractivity contribution in [2.24, 2.45) is 28.9 Å². The average Bonchev–Trinajstić information content (AvgIpc) is 2.32. The molecule has 0 aliphatic heterocycles. The highest BCUT2D eigenvalue weighted by Crippen LogP contribution is 2.59. The highest BCUT2D eigenvalue weighted by atomic mass is 79.9. The number of hydrogen-bond donors (Lipinski definition) is 2. The van der Waals surface area contributed by atoms with E-state index < -0.39 is 0 Å². The standard InChI is InChI=1S/C16H30N2.2BrH/c17-4-2-1-3-5-18-12-16-9-13-6-14(10-16)8-15(7-13)11-16;;/h13-15,18H,1-12,17H2;2*1H/p-2. The summed E-state index contributed by atoms with van der Waals surface area (Å²) >= 11 is 0. The van der Waals surface area contributed by atoms with Crippen LogP contribution in [-0.4, -0.2) is 19.6 Å². The van der Waals surface area contributed by atoms with Gasteiger partial charge in [-0.2, -0.15) is 0 Å². The molecule has 0 heterocycles. The lowest BCUT2D eigenvalue weighted by molar-refractivity contribution is -0.0512. The second-order valence-corrected chi connectivity index (χ2v) is 7.44. The molecule has 0 spiro atoms. The molecule has 4 fully saturated rings. The third-order valence-electron chi connectivity index (χ3n) is 5.72. The molecule has 0 aromatic rings. The second-order valence-electron chi connectivity index (χ2n) is 7.44. The van der Waals surface area contributed by atoms with E-state index in [1.54, 1.807) is 19.3 Å². The fraction of sp³-hybridized carbons (Fsp3) is 1.00. The predicted molar refractivity (Wildman–Crippen MR) is 76.4 cm³/mol. The van der Waals surface area contributed by atoms with E-state index in [0.29, 0.717) is 5.41 Å². The van der Waals surface area contributed by atoms with Crippen LogP contribution in [0.25, 0.3) is 0 Å². The van der Waals surface area contributed by atoms with E-state index in [4.69, 9.17) is 5.73 Å². The first kappa shape index (κ1) is 18.9. The summed E-state index contributed by atoms with van der Waals surface area (Å²) in [7, 11) is 0. The van der Waals surface area contributed by atoms with Gasteiger partial charge in [-0.25, -0.2) is 0 Å². The smallest absolute Gasteiger partial charge is 0.000811 e. The van der Waals surface area contributed by atoms with Gasteiger partial charge in [-0.15, -0.1) is 0 Å². The molecule has 2 nitrogen and oxygen atoms in total.